The predicted octanol–water partition coefficient (Wildman–Crippen LogP) is 3.51. The summed E-state index contributed by atoms with van der Waals surface area (Å²) in [7, 11) is 0. The first-order chi connectivity index (χ1) is 15.1. The normalized spacial score (nSPS) is 14.3. The zero-order valence-corrected chi connectivity index (χ0v) is 17.9. The number of nitrogens with one attached hydrogen (secondary N) is 1. The molecule has 2 aromatic heterocycles. The van der Waals surface area contributed by atoms with Crippen LogP contribution in [-0.2, 0) is 22.4 Å². The number of esters is 1. The Morgan fingerprint density at radius 1 is 1.10 bits per heavy atom. The minimum atomic E-state index is -0.521. The number of rotatable bonds is 6. The third-order valence-electron chi connectivity index (χ3n) is 5.36. The lowest BCUT2D eigenvalue weighted by molar-refractivity contribution is -0.143. The molecule has 1 atom stereocenters. The van der Waals surface area contributed by atoms with Crippen molar-refractivity contribution in [3.8, 4) is 11.5 Å². The zero-order chi connectivity index (χ0) is 21.6. The van der Waals surface area contributed by atoms with Crippen LogP contribution < -0.4 is 10.2 Å². The fourth-order valence-electron chi connectivity index (χ4n) is 3.72. The number of fused-ring (bicyclic) bond motifs is 1. The van der Waals surface area contributed by atoms with Crippen molar-refractivity contribution >= 4 is 17.6 Å². The van der Waals surface area contributed by atoms with Gasteiger partial charge >= 0.3 is 5.97 Å². The first kappa shape index (κ1) is 20.8. The number of hydrogen-bond donors (Lipinski definition) is 1. The zero-order valence-electron chi connectivity index (χ0n) is 17.9. The number of carbonyl (C=O) groups is 1. The van der Waals surface area contributed by atoms with E-state index >= 15 is 0 Å². The Balaban J connectivity index is 1.64. The van der Waals surface area contributed by atoms with Crippen LogP contribution >= 0.6 is 0 Å². The van der Waals surface area contributed by atoms with Crippen LogP contribution in [0.15, 0.2) is 54.7 Å². The first-order valence-corrected chi connectivity index (χ1v) is 10.7. The number of pyridine rings is 1. The van der Waals surface area contributed by atoms with Crippen LogP contribution in [-0.4, -0.2) is 46.7 Å². The molecule has 1 N–H and O–H groups in total. The Hall–Kier alpha value is -3.48. The second kappa shape index (κ2) is 9.55. The predicted molar refractivity (Wildman–Crippen MR) is 121 cm³/mol. The molecule has 0 bridgehead atoms. The Labute approximate surface area is 182 Å². The van der Waals surface area contributed by atoms with Gasteiger partial charge in [0.25, 0.3) is 0 Å². The van der Waals surface area contributed by atoms with Gasteiger partial charge in [-0.05, 0) is 49.9 Å². The smallest absolute Gasteiger partial charge is 0.328 e. The first-order valence-electron chi connectivity index (χ1n) is 10.7. The van der Waals surface area contributed by atoms with Crippen LogP contribution in [0.5, 0.6) is 0 Å². The fourth-order valence-corrected chi connectivity index (χ4v) is 3.72. The molecule has 0 amide bonds. The average Bonchev–Trinajstić information content (AvgIpc) is 3.02. The van der Waals surface area contributed by atoms with Crippen molar-refractivity contribution < 1.29 is 9.53 Å². The van der Waals surface area contributed by atoms with E-state index in [2.05, 4.69) is 44.5 Å². The molecular formula is C24H27N5O2. The standard InChI is InChI=1S/C24H27N5O2/c1-3-31-24(30)17(2)26-21-16-22(28-23(27-21)20-10-6-7-13-25-20)29-14-11-18-8-4-5-9-19(18)12-15-29/h4-10,13,16-17H,3,11-12,14-15H2,1-2H3,(H,26,27,28)/t17-/m0/s1. The van der Waals surface area contributed by atoms with Crippen LogP contribution in [0, 0.1) is 0 Å². The number of benzene rings is 1. The Bertz CT molecular complexity index is 1010. The quantitative estimate of drug-likeness (QED) is 0.615. The molecule has 1 aliphatic rings. The minimum Gasteiger partial charge on any atom is -0.464 e. The summed E-state index contributed by atoms with van der Waals surface area (Å²) in [5.74, 6) is 1.61. The number of anilines is 2. The maximum Gasteiger partial charge on any atom is 0.328 e. The van der Waals surface area contributed by atoms with E-state index in [1.807, 2.05) is 24.3 Å². The minimum absolute atomic E-state index is 0.313. The largest absolute Gasteiger partial charge is 0.464 e. The summed E-state index contributed by atoms with van der Waals surface area (Å²) in [5, 5.41) is 3.17. The second-order valence-electron chi connectivity index (χ2n) is 7.52. The molecule has 0 radical (unpaired) electrons. The van der Waals surface area contributed by atoms with E-state index in [9.17, 15) is 4.79 Å². The summed E-state index contributed by atoms with van der Waals surface area (Å²) in [5.41, 5.74) is 3.46. The van der Waals surface area contributed by atoms with E-state index in [0.29, 0.717) is 23.9 Å². The maximum atomic E-state index is 12.1. The monoisotopic (exact) mass is 417 g/mol. The molecule has 0 saturated carbocycles. The highest BCUT2D eigenvalue weighted by Crippen LogP contribution is 2.25. The molecule has 1 aliphatic heterocycles. The van der Waals surface area contributed by atoms with Crippen molar-refractivity contribution in [2.75, 3.05) is 29.9 Å². The molecule has 0 aliphatic carbocycles. The molecule has 0 fully saturated rings. The summed E-state index contributed by atoms with van der Waals surface area (Å²) in [6.07, 6.45) is 3.64. The van der Waals surface area contributed by atoms with Gasteiger partial charge in [-0.15, -0.1) is 0 Å². The molecular weight excluding hydrogens is 390 g/mol. The van der Waals surface area contributed by atoms with Crippen molar-refractivity contribution in [1.29, 1.82) is 0 Å². The summed E-state index contributed by atoms with van der Waals surface area (Å²) in [6, 6.07) is 15.6. The molecule has 3 heterocycles. The highest BCUT2D eigenvalue weighted by molar-refractivity contribution is 5.78. The van der Waals surface area contributed by atoms with Gasteiger partial charge in [0.1, 0.15) is 23.4 Å². The van der Waals surface area contributed by atoms with Gasteiger partial charge in [-0.25, -0.2) is 14.8 Å². The fraction of sp³-hybridized carbons (Fsp3) is 0.333. The molecule has 7 heteroatoms. The van der Waals surface area contributed by atoms with E-state index in [4.69, 9.17) is 9.72 Å². The van der Waals surface area contributed by atoms with Crippen LogP contribution in [0.2, 0.25) is 0 Å². The summed E-state index contributed by atoms with van der Waals surface area (Å²) >= 11 is 0. The average molecular weight is 418 g/mol. The number of nitrogens with zero attached hydrogens (tertiary/aromatic N) is 4. The van der Waals surface area contributed by atoms with E-state index < -0.39 is 6.04 Å². The van der Waals surface area contributed by atoms with Gasteiger partial charge in [-0.3, -0.25) is 4.98 Å². The summed E-state index contributed by atoms with van der Waals surface area (Å²) in [4.78, 5) is 28.2. The molecule has 160 valence electrons. The van der Waals surface area contributed by atoms with Gasteiger partial charge in [-0.1, -0.05) is 30.3 Å². The highest BCUT2D eigenvalue weighted by atomic mass is 16.5. The van der Waals surface area contributed by atoms with Crippen molar-refractivity contribution in [2.45, 2.75) is 32.7 Å². The van der Waals surface area contributed by atoms with Crippen molar-refractivity contribution in [3.05, 3.63) is 65.9 Å². The van der Waals surface area contributed by atoms with Crippen LogP contribution in [0.3, 0.4) is 0 Å². The van der Waals surface area contributed by atoms with Crippen molar-refractivity contribution in [2.24, 2.45) is 0 Å². The summed E-state index contributed by atoms with van der Waals surface area (Å²) < 4.78 is 5.12. The van der Waals surface area contributed by atoms with Crippen molar-refractivity contribution in [3.63, 3.8) is 0 Å². The third kappa shape index (κ3) is 4.99. The topological polar surface area (TPSA) is 80.2 Å². The summed E-state index contributed by atoms with van der Waals surface area (Å²) in [6.45, 7) is 5.63. The van der Waals surface area contributed by atoms with Gasteiger partial charge in [0, 0.05) is 25.4 Å². The molecule has 0 spiro atoms. The van der Waals surface area contributed by atoms with Crippen LogP contribution in [0.1, 0.15) is 25.0 Å². The Morgan fingerprint density at radius 3 is 2.45 bits per heavy atom. The van der Waals surface area contributed by atoms with Crippen molar-refractivity contribution in [1.82, 2.24) is 15.0 Å². The van der Waals surface area contributed by atoms with Crippen LogP contribution in [0.25, 0.3) is 11.5 Å². The molecule has 1 aromatic carbocycles. The van der Waals surface area contributed by atoms with E-state index in [1.165, 1.54) is 11.1 Å². The van der Waals surface area contributed by atoms with Gasteiger partial charge in [0.2, 0.25) is 0 Å². The van der Waals surface area contributed by atoms with Gasteiger partial charge in [0.15, 0.2) is 5.82 Å². The Kier molecular flexibility index (Phi) is 6.40. The third-order valence-corrected chi connectivity index (χ3v) is 5.36. The van der Waals surface area contributed by atoms with Gasteiger partial charge in [0.05, 0.1) is 6.61 Å². The molecule has 0 unspecified atom stereocenters. The molecule has 31 heavy (non-hydrogen) atoms. The van der Waals surface area contributed by atoms with E-state index in [1.54, 1.807) is 20.0 Å². The number of carbonyl (C=O) groups excluding carboxylic acids is 1. The number of ether oxygens (including phenoxy) is 1. The van der Waals surface area contributed by atoms with Gasteiger partial charge < -0.3 is 15.0 Å². The number of hydrogen-bond acceptors (Lipinski definition) is 7. The lowest BCUT2D eigenvalue weighted by atomic mass is 10.0. The maximum absolute atomic E-state index is 12.1. The molecule has 3 aromatic rings. The SMILES string of the molecule is CCOC(=O)[C@H](C)Nc1cc(N2CCc3ccccc3CC2)nc(-c2ccccn2)n1. The molecule has 7 nitrogen and oxygen atoms in total. The van der Waals surface area contributed by atoms with Crippen LogP contribution in [0.4, 0.5) is 11.6 Å². The highest BCUT2D eigenvalue weighted by Gasteiger charge is 2.20. The van der Waals surface area contributed by atoms with Gasteiger partial charge in [-0.2, -0.15) is 0 Å². The van der Waals surface area contributed by atoms with E-state index in [-0.39, 0.29) is 5.97 Å². The molecule has 4 rings (SSSR count). The lowest BCUT2D eigenvalue weighted by Gasteiger charge is -2.23. The number of aromatic nitrogens is 3. The second-order valence-corrected chi connectivity index (χ2v) is 7.52. The Morgan fingerprint density at radius 2 is 1.81 bits per heavy atom. The lowest BCUT2D eigenvalue weighted by Crippen LogP contribution is -2.30. The molecule has 0 saturated heterocycles. The van der Waals surface area contributed by atoms with E-state index in [0.717, 1.165) is 31.7 Å².